The number of pyridine rings is 1. The first-order valence-corrected chi connectivity index (χ1v) is 5.95. The molecule has 98 valence electrons. The summed E-state index contributed by atoms with van der Waals surface area (Å²) in [6, 6.07) is 10.2. The van der Waals surface area contributed by atoms with Crippen LogP contribution in [0, 0.1) is 5.41 Å². The normalized spacial score (nSPS) is 10.6. The summed E-state index contributed by atoms with van der Waals surface area (Å²) in [4.78, 5) is 23.4. The van der Waals surface area contributed by atoms with E-state index in [1.54, 1.807) is 42.6 Å². The lowest BCUT2D eigenvalue weighted by Gasteiger charge is -1.96. The van der Waals surface area contributed by atoms with Crippen LogP contribution < -0.4 is 5.73 Å². The van der Waals surface area contributed by atoms with Crippen LogP contribution in [0.25, 0.3) is 11.0 Å². The molecule has 2 aromatic heterocycles. The van der Waals surface area contributed by atoms with Crippen molar-refractivity contribution in [2.45, 2.75) is 0 Å². The second-order valence-corrected chi connectivity index (χ2v) is 4.28. The third kappa shape index (κ3) is 2.03. The standard InChI is InChI=1S/C14H11N5O/c15-13(16)8-4-5-9-11(7-8)19-14(18-9)12(20)10-3-1-2-6-17-10/h1-7H,(H3,15,16)(H,18,19). The van der Waals surface area contributed by atoms with Crippen molar-refractivity contribution in [1.29, 1.82) is 5.41 Å². The molecule has 0 fully saturated rings. The Balaban J connectivity index is 2.05. The highest BCUT2D eigenvalue weighted by Gasteiger charge is 2.15. The van der Waals surface area contributed by atoms with Gasteiger partial charge in [0.05, 0.1) is 11.0 Å². The minimum Gasteiger partial charge on any atom is -0.384 e. The van der Waals surface area contributed by atoms with Crippen LogP contribution in [0.3, 0.4) is 0 Å². The van der Waals surface area contributed by atoms with Crippen molar-refractivity contribution in [3.63, 3.8) is 0 Å². The van der Waals surface area contributed by atoms with Crippen molar-refractivity contribution >= 4 is 22.7 Å². The Morgan fingerprint density at radius 2 is 2.10 bits per heavy atom. The molecular weight excluding hydrogens is 254 g/mol. The van der Waals surface area contributed by atoms with E-state index in [-0.39, 0.29) is 17.4 Å². The Hall–Kier alpha value is -3.02. The third-order valence-corrected chi connectivity index (χ3v) is 2.91. The van der Waals surface area contributed by atoms with Gasteiger partial charge >= 0.3 is 0 Å². The van der Waals surface area contributed by atoms with Crippen LogP contribution in [-0.2, 0) is 0 Å². The summed E-state index contributed by atoms with van der Waals surface area (Å²) < 4.78 is 0. The number of fused-ring (bicyclic) bond motifs is 1. The van der Waals surface area contributed by atoms with Crippen LogP contribution in [0.15, 0.2) is 42.6 Å². The predicted molar refractivity (Wildman–Crippen MR) is 74.8 cm³/mol. The Bertz CT molecular complexity index is 807. The fraction of sp³-hybridized carbons (Fsp3) is 0. The van der Waals surface area contributed by atoms with Gasteiger partial charge in [-0.1, -0.05) is 6.07 Å². The first-order valence-electron chi connectivity index (χ1n) is 5.95. The molecule has 0 aliphatic heterocycles. The highest BCUT2D eigenvalue weighted by Crippen LogP contribution is 2.15. The van der Waals surface area contributed by atoms with E-state index in [0.29, 0.717) is 22.3 Å². The van der Waals surface area contributed by atoms with Gasteiger partial charge in [-0.05, 0) is 30.3 Å². The maximum Gasteiger partial charge on any atom is 0.246 e. The van der Waals surface area contributed by atoms with E-state index in [0.717, 1.165) is 0 Å². The number of hydrogen-bond donors (Lipinski definition) is 3. The SMILES string of the molecule is N=C(N)c1ccc2nc(C(=O)c3ccccn3)[nH]c2c1. The lowest BCUT2D eigenvalue weighted by molar-refractivity contribution is 0.102. The number of imidazole rings is 1. The van der Waals surface area contributed by atoms with Crippen molar-refractivity contribution in [2.75, 3.05) is 0 Å². The number of carbonyl (C=O) groups is 1. The van der Waals surface area contributed by atoms with Gasteiger partial charge in [0.25, 0.3) is 0 Å². The summed E-state index contributed by atoms with van der Waals surface area (Å²) in [5, 5.41) is 7.40. The van der Waals surface area contributed by atoms with Crippen LogP contribution in [0.2, 0.25) is 0 Å². The number of nitrogen functional groups attached to an aromatic ring is 1. The fourth-order valence-corrected chi connectivity index (χ4v) is 1.90. The number of rotatable bonds is 3. The molecule has 0 aliphatic carbocycles. The van der Waals surface area contributed by atoms with Gasteiger partial charge in [0.2, 0.25) is 5.78 Å². The van der Waals surface area contributed by atoms with Gasteiger partial charge in [0.1, 0.15) is 11.5 Å². The van der Waals surface area contributed by atoms with Crippen LogP contribution in [0.5, 0.6) is 0 Å². The lowest BCUT2D eigenvalue weighted by atomic mass is 10.2. The maximum atomic E-state index is 12.2. The molecule has 1 aromatic carbocycles. The van der Waals surface area contributed by atoms with E-state index in [1.165, 1.54) is 0 Å². The fourth-order valence-electron chi connectivity index (χ4n) is 1.90. The molecule has 3 aromatic rings. The van der Waals surface area contributed by atoms with Crippen molar-refractivity contribution in [3.8, 4) is 0 Å². The van der Waals surface area contributed by atoms with E-state index in [4.69, 9.17) is 11.1 Å². The number of aromatic nitrogens is 3. The maximum absolute atomic E-state index is 12.2. The number of benzene rings is 1. The summed E-state index contributed by atoms with van der Waals surface area (Å²) >= 11 is 0. The van der Waals surface area contributed by atoms with Crippen molar-refractivity contribution in [3.05, 3.63) is 59.7 Å². The zero-order chi connectivity index (χ0) is 14.1. The average Bonchev–Trinajstić information content (AvgIpc) is 2.90. The minimum atomic E-state index is -0.272. The van der Waals surface area contributed by atoms with Gasteiger partial charge < -0.3 is 10.7 Å². The molecule has 0 saturated heterocycles. The molecule has 0 radical (unpaired) electrons. The highest BCUT2D eigenvalue weighted by atomic mass is 16.1. The number of carbonyl (C=O) groups excluding carboxylic acids is 1. The molecule has 0 atom stereocenters. The summed E-state index contributed by atoms with van der Waals surface area (Å²) in [6.07, 6.45) is 1.56. The van der Waals surface area contributed by atoms with Gasteiger partial charge in [-0.2, -0.15) is 0 Å². The van der Waals surface area contributed by atoms with E-state index < -0.39 is 0 Å². The lowest BCUT2D eigenvalue weighted by Crippen LogP contribution is -2.10. The molecule has 0 bridgehead atoms. The zero-order valence-corrected chi connectivity index (χ0v) is 10.4. The molecule has 4 N–H and O–H groups in total. The van der Waals surface area contributed by atoms with Gasteiger partial charge in [-0.25, -0.2) is 4.98 Å². The van der Waals surface area contributed by atoms with Crippen molar-refractivity contribution < 1.29 is 4.79 Å². The van der Waals surface area contributed by atoms with E-state index in [2.05, 4.69) is 15.0 Å². The Labute approximate surface area is 114 Å². The highest BCUT2D eigenvalue weighted by molar-refractivity contribution is 6.07. The second kappa shape index (κ2) is 4.58. The number of nitrogens with zero attached hydrogens (tertiary/aromatic N) is 2. The van der Waals surface area contributed by atoms with Crippen LogP contribution in [0.4, 0.5) is 0 Å². The minimum absolute atomic E-state index is 0.0286. The van der Waals surface area contributed by atoms with Gasteiger partial charge in [-0.15, -0.1) is 0 Å². The van der Waals surface area contributed by atoms with Crippen molar-refractivity contribution in [1.82, 2.24) is 15.0 Å². The smallest absolute Gasteiger partial charge is 0.246 e. The van der Waals surface area contributed by atoms with E-state index in [1.807, 2.05) is 0 Å². The first-order chi connectivity index (χ1) is 9.65. The molecule has 6 nitrogen and oxygen atoms in total. The first kappa shape index (κ1) is 12.0. The monoisotopic (exact) mass is 265 g/mol. The second-order valence-electron chi connectivity index (χ2n) is 4.28. The Morgan fingerprint density at radius 1 is 1.25 bits per heavy atom. The number of amidine groups is 1. The molecule has 0 spiro atoms. The number of aromatic amines is 1. The average molecular weight is 265 g/mol. The predicted octanol–water partition coefficient (Wildman–Crippen LogP) is 1.47. The number of nitrogens with two attached hydrogens (primary N) is 1. The number of ketones is 1. The Morgan fingerprint density at radius 3 is 2.80 bits per heavy atom. The molecule has 3 rings (SSSR count). The summed E-state index contributed by atoms with van der Waals surface area (Å²) in [6.45, 7) is 0. The molecule has 20 heavy (non-hydrogen) atoms. The topological polar surface area (TPSA) is 109 Å². The number of hydrogen-bond acceptors (Lipinski definition) is 4. The number of H-pyrrole nitrogens is 1. The summed E-state index contributed by atoms with van der Waals surface area (Å²) in [5.41, 5.74) is 7.66. The molecule has 6 heteroatoms. The van der Waals surface area contributed by atoms with Crippen LogP contribution in [0.1, 0.15) is 21.9 Å². The zero-order valence-electron chi connectivity index (χ0n) is 10.4. The third-order valence-electron chi connectivity index (χ3n) is 2.91. The largest absolute Gasteiger partial charge is 0.384 e. The van der Waals surface area contributed by atoms with E-state index in [9.17, 15) is 4.79 Å². The van der Waals surface area contributed by atoms with Gasteiger partial charge in [-0.3, -0.25) is 15.2 Å². The summed E-state index contributed by atoms with van der Waals surface area (Å²) in [5.74, 6) is -0.0790. The Kier molecular flexibility index (Phi) is 2.76. The number of nitrogens with one attached hydrogen (secondary N) is 2. The van der Waals surface area contributed by atoms with Crippen LogP contribution >= 0.6 is 0 Å². The van der Waals surface area contributed by atoms with Gasteiger partial charge in [0.15, 0.2) is 5.82 Å². The quantitative estimate of drug-likeness (QED) is 0.378. The van der Waals surface area contributed by atoms with Gasteiger partial charge in [0, 0.05) is 11.8 Å². The molecular formula is C14H11N5O. The van der Waals surface area contributed by atoms with Crippen molar-refractivity contribution in [2.24, 2.45) is 5.73 Å². The summed E-state index contributed by atoms with van der Waals surface area (Å²) in [7, 11) is 0. The van der Waals surface area contributed by atoms with E-state index >= 15 is 0 Å². The van der Waals surface area contributed by atoms with Crippen LogP contribution in [-0.4, -0.2) is 26.6 Å². The molecule has 2 heterocycles. The molecule has 0 saturated carbocycles. The molecule has 0 aliphatic rings. The molecule has 0 amide bonds. The molecule has 0 unspecified atom stereocenters.